The quantitative estimate of drug-likeness (QED) is 0.246. The number of aliphatic hydroxyl groups excluding tert-OH is 1. The van der Waals surface area contributed by atoms with Crippen LogP contribution in [0.15, 0.2) is 42.5 Å². The molecule has 2 aromatic rings. The normalized spacial score (nSPS) is 12.8. The van der Waals surface area contributed by atoms with Crippen LogP contribution in [0.2, 0.25) is 0 Å². The van der Waals surface area contributed by atoms with Crippen molar-refractivity contribution in [2.45, 2.75) is 91.3 Å². The number of carbonyl (C=O) groups excluding carboxylic acids is 3. The SMILES string of the molecule is CCCCCCCN(C(=O)C(CO)NC(=O)OC(C)(C)C)C(C(=O)Nc1ccccc1C)c1cccc(C)c1O. The summed E-state index contributed by atoms with van der Waals surface area (Å²) in [7, 11) is 0. The number of unbranched alkanes of at least 4 members (excludes halogenated alkanes) is 4. The van der Waals surface area contributed by atoms with Crippen LogP contribution >= 0.6 is 0 Å². The standard InChI is InChI=1S/C31H45N3O6/c1-7-8-9-10-13-19-34(29(38)25(20-35)33-30(39)40-31(4,5)6)26(23-17-14-16-22(3)27(23)36)28(37)32-24-18-12-11-15-21(24)2/h11-12,14-18,25-26,35-36H,7-10,13,19-20H2,1-6H3,(H,32,37)(H,33,39). The van der Waals surface area contributed by atoms with E-state index < -0.39 is 42.2 Å². The van der Waals surface area contributed by atoms with Gasteiger partial charge in [-0.15, -0.1) is 0 Å². The van der Waals surface area contributed by atoms with Gasteiger partial charge in [-0.1, -0.05) is 69.0 Å². The summed E-state index contributed by atoms with van der Waals surface area (Å²) in [6.07, 6.45) is 3.62. The topological polar surface area (TPSA) is 128 Å². The molecule has 0 aliphatic heterocycles. The minimum Gasteiger partial charge on any atom is -0.507 e. The molecular weight excluding hydrogens is 510 g/mol. The number of anilines is 1. The predicted octanol–water partition coefficient (Wildman–Crippen LogP) is 5.37. The van der Waals surface area contributed by atoms with E-state index in [0.29, 0.717) is 17.7 Å². The van der Waals surface area contributed by atoms with E-state index in [9.17, 15) is 24.6 Å². The summed E-state index contributed by atoms with van der Waals surface area (Å²) in [6.45, 7) is 10.2. The summed E-state index contributed by atoms with van der Waals surface area (Å²) in [6, 6.07) is 9.73. The van der Waals surface area contributed by atoms with E-state index >= 15 is 0 Å². The number of rotatable bonds is 13. The number of nitrogens with one attached hydrogen (secondary N) is 2. The zero-order chi connectivity index (χ0) is 29.9. The van der Waals surface area contributed by atoms with E-state index in [2.05, 4.69) is 17.6 Å². The van der Waals surface area contributed by atoms with Crippen LogP contribution in [0.25, 0.3) is 0 Å². The first kappa shape index (κ1) is 32.6. The smallest absolute Gasteiger partial charge is 0.408 e. The van der Waals surface area contributed by atoms with Gasteiger partial charge in [0.25, 0.3) is 5.91 Å². The maximum atomic E-state index is 14.0. The van der Waals surface area contributed by atoms with Gasteiger partial charge in [0.1, 0.15) is 23.4 Å². The molecular formula is C31H45N3O6. The third kappa shape index (κ3) is 9.55. The molecule has 0 heterocycles. The third-order valence-electron chi connectivity index (χ3n) is 6.48. The highest BCUT2D eigenvalue weighted by atomic mass is 16.6. The fourth-order valence-corrected chi connectivity index (χ4v) is 4.35. The molecule has 0 saturated heterocycles. The Hall–Kier alpha value is -3.59. The number of aliphatic hydroxyl groups is 1. The molecule has 2 aromatic carbocycles. The van der Waals surface area contributed by atoms with Crippen LogP contribution in [-0.2, 0) is 14.3 Å². The van der Waals surface area contributed by atoms with Gasteiger partial charge >= 0.3 is 6.09 Å². The van der Waals surface area contributed by atoms with Gasteiger partial charge in [0.15, 0.2) is 0 Å². The Morgan fingerprint density at radius 2 is 1.60 bits per heavy atom. The molecule has 2 rings (SSSR count). The van der Waals surface area contributed by atoms with Gasteiger partial charge in [-0.05, 0) is 58.2 Å². The number of aromatic hydroxyl groups is 1. The first-order valence-corrected chi connectivity index (χ1v) is 13.9. The number of phenolic OH excluding ortho intramolecular Hbond substituents is 1. The lowest BCUT2D eigenvalue weighted by atomic mass is 9.98. The van der Waals surface area contributed by atoms with E-state index in [0.717, 1.165) is 31.2 Å². The minimum atomic E-state index is -1.36. The summed E-state index contributed by atoms with van der Waals surface area (Å²) >= 11 is 0. The summed E-state index contributed by atoms with van der Waals surface area (Å²) < 4.78 is 5.29. The van der Waals surface area contributed by atoms with E-state index in [1.165, 1.54) is 4.90 Å². The van der Waals surface area contributed by atoms with Crippen LogP contribution < -0.4 is 10.6 Å². The molecule has 0 spiro atoms. The Balaban J connectivity index is 2.53. The lowest BCUT2D eigenvalue weighted by molar-refractivity contribution is -0.141. The molecule has 4 N–H and O–H groups in total. The molecule has 2 unspecified atom stereocenters. The number of hydrogen-bond acceptors (Lipinski definition) is 6. The molecule has 0 fully saturated rings. The number of amides is 3. The number of hydrogen-bond donors (Lipinski definition) is 4. The number of nitrogens with zero attached hydrogens (tertiary/aromatic N) is 1. The van der Waals surface area contributed by atoms with Crippen molar-refractivity contribution in [3.05, 3.63) is 59.2 Å². The third-order valence-corrected chi connectivity index (χ3v) is 6.48. The van der Waals surface area contributed by atoms with Crippen LogP contribution in [-0.4, -0.2) is 57.8 Å². The molecule has 40 heavy (non-hydrogen) atoms. The molecule has 9 nitrogen and oxygen atoms in total. The first-order valence-electron chi connectivity index (χ1n) is 13.9. The molecule has 220 valence electrons. The zero-order valence-corrected chi connectivity index (χ0v) is 24.6. The number of aryl methyl sites for hydroxylation is 2. The number of ether oxygens (including phenoxy) is 1. The van der Waals surface area contributed by atoms with Crippen molar-refractivity contribution in [3.63, 3.8) is 0 Å². The summed E-state index contributed by atoms with van der Waals surface area (Å²) in [5.74, 6) is -1.28. The van der Waals surface area contributed by atoms with Crippen LogP contribution in [0.4, 0.5) is 10.5 Å². The van der Waals surface area contributed by atoms with E-state index in [4.69, 9.17) is 4.74 Å². The number of alkyl carbamates (subject to hydrolysis) is 1. The fraction of sp³-hybridized carbons (Fsp3) is 0.516. The fourth-order valence-electron chi connectivity index (χ4n) is 4.35. The van der Waals surface area contributed by atoms with Crippen molar-refractivity contribution >= 4 is 23.6 Å². The molecule has 2 atom stereocenters. The largest absolute Gasteiger partial charge is 0.507 e. The Morgan fingerprint density at radius 3 is 2.23 bits per heavy atom. The molecule has 0 radical (unpaired) electrons. The Kier molecular flexibility index (Phi) is 12.4. The van der Waals surface area contributed by atoms with Crippen molar-refractivity contribution in [2.24, 2.45) is 0 Å². The van der Waals surface area contributed by atoms with Gasteiger partial charge in [0.05, 0.1) is 6.61 Å². The minimum absolute atomic E-state index is 0.100. The average Bonchev–Trinajstić information content (AvgIpc) is 2.88. The highest BCUT2D eigenvalue weighted by molar-refractivity contribution is 5.99. The van der Waals surface area contributed by atoms with Crippen molar-refractivity contribution in [2.75, 3.05) is 18.5 Å². The number of carbonyl (C=O) groups is 3. The molecule has 0 saturated carbocycles. The van der Waals surface area contributed by atoms with Crippen molar-refractivity contribution in [3.8, 4) is 5.75 Å². The maximum Gasteiger partial charge on any atom is 0.408 e. The first-order chi connectivity index (χ1) is 18.9. The zero-order valence-electron chi connectivity index (χ0n) is 24.6. The summed E-state index contributed by atoms with van der Waals surface area (Å²) in [4.78, 5) is 41.7. The van der Waals surface area contributed by atoms with Gasteiger partial charge in [-0.3, -0.25) is 9.59 Å². The number of para-hydroxylation sites is 2. The highest BCUT2D eigenvalue weighted by Gasteiger charge is 2.37. The molecule has 0 aliphatic carbocycles. The molecule has 0 aromatic heterocycles. The second-order valence-corrected chi connectivity index (χ2v) is 11.0. The second kappa shape index (κ2) is 15.3. The average molecular weight is 556 g/mol. The van der Waals surface area contributed by atoms with Gasteiger partial charge in [0, 0.05) is 17.8 Å². The van der Waals surface area contributed by atoms with Gasteiger partial charge in [-0.25, -0.2) is 4.79 Å². The van der Waals surface area contributed by atoms with Crippen molar-refractivity contribution in [1.29, 1.82) is 0 Å². The van der Waals surface area contributed by atoms with Crippen LogP contribution in [0.3, 0.4) is 0 Å². The molecule has 9 heteroatoms. The molecule has 3 amide bonds. The van der Waals surface area contributed by atoms with Crippen molar-refractivity contribution < 1.29 is 29.3 Å². The Morgan fingerprint density at radius 1 is 0.950 bits per heavy atom. The Labute approximate surface area is 237 Å². The van der Waals surface area contributed by atoms with E-state index in [-0.39, 0.29) is 17.9 Å². The lowest BCUT2D eigenvalue weighted by Crippen LogP contribution is -2.54. The van der Waals surface area contributed by atoms with Crippen LogP contribution in [0, 0.1) is 13.8 Å². The molecule has 0 bridgehead atoms. The van der Waals surface area contributed by atoms with E-state index in [1.54, 1.807) is 58.0 Å². The monoisotopic (exact) mass is 555 g/mol. The van der Waals surface area contributed by atoms with Crippen LogP contribution in [0.5, 0.6) is 5.75 Å². The van der Waals surface area contributed by atoms with Crippen molar-refractivity contribution in [1.82, 2.24) is 10.2 Å². The van der Waals surface area contributed by atoms with Crippen LogP contribution in [0.1, 0.15) is 82.5 Å². The maximum absolute atomic E-state index is 14.0. The predicted molar refractivity (Wildman–Crippen MR) is 156 cm³/mol. The summed E-state index contributed by atoms with van der Waals surface area (Å²) in [5.41, 5.74) is 1.40. The second-order valence-electron chi connectivity index (χ2n) is 11.0. The lowest BCUT2D eigenvalue weighted by Gasteiger charge is -2.34. The van der Waals surface area contributed by atoms with Gasteiger partial charge < -0.3 is 30.5 Å². The Bertz CT molecular complexity index is 1140. The summed E-state index contributed by atoms with van der Waals surface area (Å²) in [5, 5.41) is 26.5. The van der Waals surface area contributed by atoms with E-state index in [1.807, 2.05) is 19.1 Å². The van der Waals surface area contributed by atoms with Gasteiger partial charge in [-0.2, -0.15) is 0 Å². The molecule has 0 aliphatic rings. The van der Waals surface area contributed by atoms with Gasteiger partial charge in [0.2, 0.25) is 5.91 Å². The number of benzene rings is 2. The number of phenols is 1. The highest BCUT2D eigenvalue weighted by Crippen LogP contribution is 2.33.